The van der Waals surface area contributed by atoms with Crippen LogP contribution < -0.4 is 0 Å². The van der Waals surface area contributed by atoms with Crippen molar-refractivity contribution >= 4 is 0 Å². The smallest absolute Gasteiger partial charge is 0.0827 e. The molecule has 0 amide bonds. The Morgan fingerprint density at radius 2 is 2.13 bits per heavy atom. The Balaban J connectivity index is 2.08. The zero-order valence-electron chi connectivity index (χ0n) is 9.70. The average Bonchev–Trinajstić information content (AvgIpc) is 2.26. The van der Waals surface area contributed by atoms with Crippen molar-refractivity contribution in [1.29, 1.82) is 0 Å². The molecule has 0 radical (unpaired) electrons. The second-order valence-corrected chi connectivity index (χ2v) is 4.78. The SMILES string of the molecule is CC(C)CCC1OCCc2ccccc21. The standard InChI is InChI=1S/C14H20O/c1-11(2)7-8-14-13-6-4-3-5-12(13)9-10-15-14/h3-6,11,14H,7-10H2,1-2H3. The molecule has 0 aliphatic carbocycles. The highest BCUT2D eigenvalue weighted by atomic mass is 16.5. The molecule has 0 saturated heterocycles. The normalized spacial score (nSPS) is 20.3. The van der Waals surface area contributed by atoms with E-state index in [1.54, 1.807) is 0 Å². The second-order valence-electron chi connectivity index (χ2n) is 4.78. The summed E-state index contributed by atoms with van der Waals surface area (Å²) < 4.78 is 5.85. The van der Waals surface area contributed by atoms with Gasteiger partial charge in [0.15, 0.2) is 0 Å². The third-order valence-electron chi connectivity index (χ3n) is 3.10. The van der Waals surface area contributed by atoms with Gasteiger partial charge in [0.2, 0.25) is 0 Å². The van der Waals surface area contributed by atoms with Gasteiger partial charge in [-0.25, -0.2) is 0 Å². The quantitative estimate of drug-likeness (QED) is 0.729. The summed E-state index contributed by atoms with van der Waals surface area (Å²) >= 11 is 0. The van der Waals surface area contributed by atoms with Gasteiger partial charge >= 0.3 is 0 Å². The van der Waals surface area contributed by atoms with Crippen LogP contribution in [0, 0.1) is 5.92 Å². The minimum Gasteiger partial charge on any atom is -0.373 e. The van der Waals surface area contributed by atoms with Gasteiger partial charge in [0.05, 0.1) is 12.7 Å². The van der Waals surface area contributed by atoms with Gasteiger partial charge in [-0.15, -0.1) is 0 Å². The molecule has 15 heavy (non-hydrogen) atoms. The summed E-state index contributed by atoms with van der Waals surface area (Å²) in [6, 6.07) is 8.71. The van der Waals surface area contributed by atoms with Crippen molar-refractivity contribution in [3.63, 3.8) is 0 Å². The predicted octanol–water partition coefficient (Wildman–Crippen LogP) is 3.74. The molecule has 1 heteroatoms. The topological polar surface area (TPSA) is 9.23 Å². The molecule has 1 nitrogen and oxygen atoms in total. The van der Waals surface area contributed by atoms with Crippen LogP contribution in [0.25, 0.3) is 0 Å². The van der Waals surface area contributed by atoms with Gasteiger partial charge in [-0.1, -0.05) is 38.1 Å². The number of hydrogen-bond donors (Lipinski definition) is 0. The first-order chi connectivity index (χ1) is 7.27. The molecule has 2 rings (SSSR count). The number of benzene rings is 1. The van der Waals surface area contributed by atoms with Crippen molar-refractivity contribution in [2.45, 2.75) is 39.2 Å². The second kappa shape index (κ2) is 4.80. The van der Waals surface area contributed by atoms with Crippen molar-refractivity contribution in [1.82, 2.24) is 0 Å². The Morgan fingerprint density at radius 1 is 1.33 bits per heavy atom. The van der Waals surface area contributed by atoms with E-state index in [0.717, 1.165) is 25.4 Å². The molecule has 1 unspecified atom stereocenters. The summed E-state index contributed by atoms with van der Waals surface area (Å²) in [5.74, 6) is 0.766. The number of hydrogen-bond acceptors (Lipinski definition) is 1. The Hall–Kier alpha value is -0.820. The zero-order valence-corrected chi connectivity index (χ0v) is 9.70. The monoisotopic (exact) mass is 204 g/mol. The molecule has 0 saturated carbocycles. The highest BCUT2D eigenvalue weighted by molar-refractivity contribution is 5.30. The van der Waals surface area contributed by atoms with Crippen molar-refractivity contribution in [2.75, 3.05) is 6.61 Å². The third-order valence-corrected chi connectivity index (χ3v) is 3.10. The van der Waals surface area contributed by atoms with Crippen LogP contribution in [-0.2, 0) is 11.2 Å². The molecule has 82 valence electrons. The lowest BCUT2D eigenvalue weighted by Crippen LogP contribution is -2.16. The van der Waals surface area contributed by atoms with Crippen molar-refractivity contribution in [2.24, 2.45) is 5.92 Å². The Morgan fingerprint density at radius 3 is 2.93 bits per heavy atom. The van der Waals surface area contributed by atoms with E-state index >= 15 is 0 Å². The van der Waals surface area contributed by atoms with Crippen molar-refractivity contribution < 1.29 is 4.74 Å². The molecule has 1 heterocycles. The number of rotatable bonds is 3. The average molecular weight is 204 g/mol. The van der Waals surface area contributed by atoms with E-state index in [1.807, 2.05) is 0 Å². The van der Waals surface area contributed by atoms with Gasteiger partial charge in [-0.2, -0.15) is 0 Å². The van der Waals surface area contributed by atoms with E-state index in [1.165, 1.54) is 17.5 Å². The molecule has 0 bridgehead atoms. The summed E-state index contributed by atoms with van der Waals surface area (Å²) in [7, 11) is 0. The van der Waals surface area contributed by atoms with E-state index in [-0.39, 0.29) is 0 Å². The maximum Gasteiger partial charge on any atom is 0.0827 e. The van der Waals surface area contributed by atoms with E-state index in [0.29, 0.717) is 6.10 Å². The zero-order chi connectivity index (χ0) is 10.7. The van der Waals surface area contributed by atoms with Crippen LogP contribution in [0.1, 0.15) is 43.9 Å². The lowest BCUT2D eigenvalue weighted by Gasteiger charge is -2.26. The summed E-state index contributed by atoms with van der Waals surface area (Å²) in [5, 5.41) is 0. The van der Waals surface area contributed by atoms with E-state index < -0.39 is 0 Å². The minimum absolute atomic E-state index is 0.345. The fourth-order valence-corrected chi connectivity index (χ4v) is 2.20. The predicted molar refractivity (Wildman–Crippen MR) is 62.9 cm³/mol. The number of ether oxygens (including phenoxy) is 1. The molecular formula is C14H20O. The first kappa shape index (κ1) is 10.7. The molecule has 1 aromatic rings. The molecule has 0 N–H and O–H groups in total. The van der Waals surface area contributed by atoms with E-state index in [4.69, 9.17) is 4.74 Å². The van der Waals surface area contributed by atoms with Crippen LogP contribution in [0.4, 0.5) is 0 Å². The van der Waals surface area contributed by atoms with Gasteiger partial charge in [0.1, 0.15) is 0 Å². The van der Waals surface area contributed by atoms with Gasteiger partial charge in [-0.3, -0.25) is 0 Å². The van der Waals surface area contributed by atoms with E-state index in [2.05, 4.69) is 38.1 Å². The molecule has 1 aromatic carbocycles. The molecule has 1 aliphatic heterocycles. The van der Waals surface area contributed by atoms with Gasteiger partial charge < -0.3 is 4.74 Å². The first-order valence-corrected chi connectivity index (χ1v) is 5.97. The largest absolute Gasteiger partial charge is 0.373 e. The summed E-state index contributed by atoms with van der Waals surface area (Å²) in [6.07, 6.45) is 3.83. The van der Waals surface area contributed by atoms with Crippen LogP contribution in [0.5, 0.6) is 0 Å². The minimum atomic E-state index is 0.345. The Kier molecular flexibility index (Phi) is 3.42. The fraction of sp³-hybridized carbons (Fsp3) is 0.571. The Bertz CT molecular complexity index is 317. The molecular weight excluding hydrogens is 184 g/mol. The van der Waals surface area contributed by atoms with Crippen LogP contribution >= 0.6 is 0 Å². The molecule has 1 aliphatic rings. The summed E-state index contributed by atoms with van der Waals surface area (Å²) in [4.78, 5) is 0. The van der Waals surface area contributed by atoms with Gasteiger partial charge in [0.25, 0.3) is 0 Å². The van der Waals surface area contributed by atoms with E-state index in [9.17, 15) is 0 Å². The number of fused-ring (bicyclic) bond motifs is 1. The lowest BCUT2D eigenvalue weighted by molar-refractivity contribution is 0.0331. The molecule has 0 spiro atoms. The molecule has 1 atom stereocenters. The van der Waals surface area contributed by atoms with Crippen LogP contribution in [0.2, 0.25) is 0 Å². The third kappa shape index (κ3) is 2.60. The molecule has 0 aromatic heterocycles. The maximum atomic E-state index is 5.85. The molecule has 0 fully saturated rings. The van der Waals surface area contributed by atoms with Crippen LogP contribution in [0.3, 0.4) is 0 Å². The first-order valence-electron chi connectivity index (χ1n) is 5.97. The summed E-state index contributed by atoms with van der Waals surface area (Å²) in [6.45, 7) is 5.43. The van der Waals surface area contributed by atoms with Crippen LogP contribution in [0.15, 0.2) is 24.3 Å². The lowest BCUT2D eigenvalue weighted by atomic mass is 9.93. The van der Waals surface area contributed by atoms with Crippen molar-refractivity contribution in [3.05, 3.63) is 35.4 Å². The van der Waals surface area contributed by atoms with Crippen molar-refractivity contribution in [3.8, 4) is 0 Å². The highest BCUT2D eigenvalue weighted by Crippen LogP contribution is 2.31. The highest BCUT2D eigenvalue weighted by Gasteiger charge is 2.19. The van der Waals surface area contributed by atoms with Crippen LogP contribution in [-0.4, -0.2) is 6.61 Å². The summed E-state index contributed by atoms with van der Waals surface area (Å²) in [5.41, 5.74) is 2.90. The van der Waals surface area contributed by atoms with Gasteiger partial charge in [-0.05, 0) is 36.3 Å². The fourth-order valence-electron chi connectivity index (χ4n) is 2.20. The Labute approximate surface area is 92.5 Å². The maximum absolute atomic E-state index is 5.85. The van der Waals surface area contributed by atoms with Gasteiger partial charge in [0, 0.05) is 0 Å².